The van der Waals surface area contributed by atoms with Crippen LogP contribution in [0.3, 0.4) is 0 Å². The Morgan fingerprint density at radius 3 is 2.89 bits per heavy atom. The Morgan fingerprint density at radius 1 is 1.29 bits per heavy atom. The highest BCUT2D eigenvalue weighted by Crippen LogP contribution is 2.40. The summed E-state index contributed by atoms with van der Waals surface area (Å²) in [6, 6.07) is 7.37. The van der Waals surface area contributed by atoms with Gasteiger partial charge in [-0.05, 0) is 61.4 Å². The molecule has 146 valence electrons. The summed E-state index contributed by atoms with van der Waals surface area (Å²) in [6.07, 6.45) is 6.94. The first kappa shape index (κ1) is 18.9. The zero-order valence-electron chi connectivity index (χ0n) is 16.3. The van der Waals surface area contributed by atoms with Crippen molar-refractivity contribution in [3.63, 3.8) is 0 Å². The van der Waals surface area contributed by atoms with Gasteiger partial charge in [0.1, 0.15) is 17.0 Å². The van der Waals surface area contributed by atoms with E-state index < -0.39 is 0 Å². The number of benzene rings is 1. The number of carbonyl (C=O) groups excluding carboxylic acids is 1. The second-order valence-electron chi connectivity index (χ2n) is 7.45. The van der Waals surface area contributed by atoms with Crippen molar-refractivity contribution in [3.05, 3.63) is 46.6 Å². The number of ether oxygens (including phenoxy) is 1. The van der Waals surface area contributed by atoms with Gasteiger partial charge < -0.3 is 10.1 Å². The highest BCUT2D eigenvalue weighted by Gasteiger charge is 2.23. The SMILES string of the molecule is CCCCOC(=O)c1ccc(Nc2ncnc3sc4c(c23)CC[C@H](C)C4)cc1. The number of anilines is 2. The van der Waals surface area contributed by atoms with E-state index in [9.17, 15) is 4.79 Å². The molecule has 0 spiro atoms. The van der Waals surface area contributed by atoms with Crippen molar-refractivity contribution < 1.29 is 9.53 Å². The quantitative estimate of drug-likeness (QED) is 0.440. The van der Waals surface area contributed by atoms with Crippen LogP contribution in [-0.4, -0.2) is 22.5 Å². The van der Waals surface area contributed by atoms with Crippen LogP contribution in [0.2, 0.25) is 0 Å². The Morgan fingerprint density at radius 2 is 2.11 bits per heavy atom. The molecule has 1 aromatic carbocycles. The van der Waals surface area contributed by atoms with Crippen LogP contribution in [0.5, 0.6) is 0 Å². The smallest absolute Gasteiger partial charge is 0.338 e. The number of carbonyl (C=O) groups is 1. The number of thiophene rings is 1. The molecule has 1 N–H and O–H groups in total. The lowest BCUT2D eigenvalue weighted by Gasteiger charge is -2.18. The number of unbranched alkanes of at least 4 members (excludes halogenated alkanes) is 1. The van der Waals surface area contributed by atoms with Crippen LogP contribution >= 0.6 is 11.3 Å². The molecule has 1 aliphatic carbocycles. The maximum Gasteiger partial charge on any atom is 0.338 e. The van der Waals surface area contributed by atoms with Gasteiger partial charge in [0.2, 0.25) is 0 Å². The highest BCUT2D eigenvalue weighted by atomic mass is 32.1. The minimum atomic E-state index is -0.273. The van der Waals surface area contributed by atoms with Gasteiger partial charge in [-0.3, -0.25) is 0 Å². The second kappa shape index (κ2) is 8.27. The standard InChI is InChI=1S/C22H25N3O2S/c1-3-4-11-27-22(26)15-6-8-16(9-7-15)25-20-19-17-10-5-14(2)12-18(17)28-21(19)24-13-23-20/h6-9,13-14H,3-5,10-12H2,1-2H3,(H,23,24,25)/t14-/m0/s1. The second-order valence-corrected chi connectivity index (χ2v) is 8.53. The predicted molar refractivity (Wildman–Crippen MR) is 114 cm³/mol. The Balaban J connectivity index is 1.55. The van der Waals surface area contributed by atoms with Gasteiger partial charge in [-0.25, -0.2) is 14.8 Å². The summed E-state index contributed by atoms with van der Waals surface area (Å²) in [4.78, 5) is 23.5. The van der Waals surface area contributed by atoms with Crippen LogP contribution in [0.4, 0.5) is 11.5 Å². The van der Waals surface area contributed by atoms with Crippen molar-refractivity contribution in [2.45, 2.75) is 46.0 Å². The first-order chi connectivity index (χ1) is 13.7. The van der Waals surface area contributed by atoms with Gasteiger partial charge in [0.05, 0.1) is 17.6 Å². The summed E-state index contributed by atoms with van der Waals surface area (Å²) in [5.74, 6) is 1.30. The van der Waals surface area contributed by atoms with E-state index in [2.05, 4.69) is 29.1 Å². The number of rotatable bonds is 6. The highest BCUT2D eigenvalue weighted by molar-refractivity contribution is 7.19. The topological polar surface area (TPSA) is 64.1 Å². The maximum absolute atomic E-state index is 12.1. The van der Waals surface area contributed by atoms with E-state index in [1.54, 1.807) is 29.8 Å². The molecule has 0 saturated heterocycles. The third kappa shape index (κ3) is 3.87. The molecule has 0 bridgehead atoms. The van der Waals surface area contributed by atoms with E-state index in [4.69, 9.17) is 4.74 Å². The zero-order valence-corrected chi connectivity index (χ0v) is 17.1. The minimum Gasteiger partial charge on any atom is -0.462 e. The predicted octanol–water partition coefficient (Wildman–Crippen LogP) is 5.52. The lowest BCUT2D eigenvalue weighted by atomic mass is 9.89. The van der Waals surface area contributed by atoms with Crippen LogP contribution in [0.25, 0.3) is 10.2 Å². The fourth-order valence-electron chi connectivity index (χ4n) is 3.59. The lowest BCUT2D eigenvalue weighted by Crippen LogP contribution is -2.09. The number of nitrogens with one attached hydrogen (secondary N) is 1. The van der Waals surface area contributed by atoms with E-state index in [-0.39, 0.29) is 5.97 Å². The minimum absolute atomic E-state index is 0.273. The monoisotopic (exact) mass is 395 g/mol. The first-order valence-corrected chi connectivity index (χ1v) is 10.8. The van der Waals surface area contributed by atoms with Crippen molar-refractivity contribution in [2.75, 3.05) is 11.9 Å². The fraction of sp³-hybridized carbons (Fsp3) is 0.409. The molecule has 5 nitrogen and oxygen atoms in total. The molecule has 1 atom stereocenters. The fourth-order valence-corrected chi connectivity index (χ4v) is 4.94. The van der Waals surface area contributed by atoms with Crippen LogP contribution in [-0.2, 0) is 17.6 Å². The van der Waals surface area contributed by atoms with Crippen molar-refractivity contribution in [2.24, 2.45) is 5.92 Å². The average molecular weight is 396 g/mol. The molecule has 0 unspecified atom stereocenters. The molecule has 0 radical (unpaired) electrons. The van der Waals surface area contributed by atoms with Crippen molar-refractivity contribution in [3.8, 4) is 0 Å². The molecular weight excluding hydrogens is 370 g/mol. The Bertz CT molecular complexity index is 981. The number of esters is 1. The van der Waals surface area contributed by atoms with Crippen LogP contribution < -0.4 is 5.32 Å². The Kier molecular flexibility index (Phi) is 5.57. The number of aryl methyl sites for hydroxylation is 1. The van der Waals surface area contributed by atoms with Crippen molar-refractivity contribution in [1.29, 1.82) is 0 Å². The van der Waals surface area contributed by atoms with Gasteiger partial charge >= 0.3 is 5.97 Å². The number of aromatic nitrogens is 2. The van der Waals surface area contributed by atoms with Gasteiger partial charge in [0, 0.05) is 10.6 Å². The largest absolute Gasteiger partial charge is 0.462 e. The van der Waals surface area contributed by atoms with Gasteiger partial charge in [-0.2, -0.15) is 0 Å². The third-order valence-electron chi connectivity index (χ3n) is 5.21. The molecule has 0 amide bonds. The molecule has 4 rings (SSSR count). The Labute approximate surface area is 169 Å². The molecule has 2 heterocycles. The van der Waals surface area contributed by atoms with Gasteiger partial charge in [-0.15, -0.1) is 11.3 Å². The molecule has 3 aromatic rings. The summed E-state index contributed by atoms with van der Waals surface area (Å²) < 4.78 is 5.27. The maximum atomic E-state index is 12.1. The Hall–Kier alpha value is -2.47. The number of fused-ring (bicyclic) bond motifs is 3. The van der Waals surface area contributed by atoms with E-state index >= 15 is 0 Å². The van der Waals surface area contributed by atoms with E-state index in [0.29, 0.717) is 12.2 Å². The lowest BCUT2D eigenvalue weighted by molar-refractivity contribution is 0.0500. The number of hydrogen-bond acceptors (Lipinski definition) is 6. The molecular formula is C22H25N3O2S. The molecule has 28 heavy (non-hydrogen) atoms. The summed E-state index contributed by atoms with van der Waals surface area (Å²) in [5, 5.41) is 4.57. The summed E-state index contributed by atoms with van der Waals surface area (Å²) >= 11 is 1.79. The van der Waals surface area contributed by atoms with Gasteiger partial charge in [-0.1, -0.05) is 20.3 Å². The van der Waals surface area contributed by atoms with E-state index in [0.717, 1.165) is 53.3 Å². The molecule has 0 fully saturated rings. The first-order valence-electron chi connectivity index (χ1n) is 9.95. The molecule has 2 aromatic heterocycles. The van der Waals surface area contributed by atoms with Crippen molar-refractivity contribution in [1.82, 2.24) is 9.97 Å². The third-order valence-corrected chi connectivity index (χ3v) is 6.37. The van der Waals surface area contributed by atoms with Crippen molar-refractivity contribution >= 4 is 39.0 Å². The van der Waals surface area contributed by atoms with Crippen LogP contribution in [0.15, 0.2) is 30.6 Å². The van der Waals surface area contributed by atoms with Gasteiger partial charge in [0.15, 0.2) is 0 Å². The molecule has 1 aliphatic rings. The number of nitrogens with zero attached hydrogens (tertiary/aromatic N) is 2. The van der Waals surface area contributed by atoms with E-state index in [1.807, 2.05) is 12.1 Å². The summed E-state index contributed by atoms with van der Waals surface area (Å²) in [5.41, 5.74) is 2.86. The van der Waals surface area contributed by atoms with E-state index in [1.165, 1.54) is 16.9 Å². The summed E-state index contributed by atoms with van der Waals surface area (Å²) in [7, 11) is 0. The number of hydrogen-bond donors (Lipinski definition) is 1. The average Bonchev–Trinajstić information content (AvgIpc) is 3.07. The molecule has 6 heteroatoms. The zero-order chi connectivity index (χ0) is 19.5. The normalized spacial score (nSPS) is 16.0. The summed E-state index contributed by atoms with van der Waals surface area (Å²) in [6.45, 7) is 4.85. The van der Waals surface area contributed by atoms with Gasteiger partial charge in [0.25, 0.3) is 0 Å². The molecule has 0 aliphatic heterocycles. The molecule has 0 saturated carbocycles. The van der Waals surface area contributed by atoms with Crippen LogP contribution in [0, 0.1) is 5.92 Å². The van der Waals surface area contributed by atoms with Crippen LogP contribution in [0.1, 0.15) is 53.9 Å².